The van der Waals surface area contributed by atoms with Gasteiger partial charge in [-0.3, -0.25) is 9.59 Å². The average molecular weight is 712 g/mol. The number of hydrogen-bond acceptors (Lipinski definition) is 6. The van der Waals surface area contributed by atoms with E-state index in [0.717, 1.165) is 19.3 Å². The number of hydrogen-bond donors (Lipinski definition) is 0. The van der Waals surface area contributed by atoms with Crippen LogP contribution in [0.2, 0.25) is 36.3 Å². The number of allylic oxidation sites excluding steroid dienone is 1. The van der Waals surface area contributed by atoms with Gasteiger partial charge in [0.15, 0.2) is 16.6 Å². The highest BCUT2D eigenvalue weighted by Gasteiger charge is 2.72. The van der Waals surface area contributed by atoms with Gasteiger partial charge < -0.3 is 8.85 Å². The molecule has 7 atom stereocenters. The summed E-state index contributed by atoms with van der Waals surface area (Å²) < 4.78 is 42.9. The summed E-state index contributed by atoms with van der Waals surface area (Å²) in [6, 6.07) is -0.316. The number of carbonyl (C=O) groups is 2. The molecule has 272 valence electrons. The zero-order valence-corrected chi connectivity index (χ0v) is 35.8. The molecule has 1 saturated heterocycles. The second kappa shape index (κ2) is 12.7. The molecule has 0 aromatic carbocycles. The predicted molar refractivity (Wildman–Crippen MR) is 199 cm³/mol. The lowest BCUT2D eigenvalue weighted by Crippen LogP contribution is -2.55. The number of Topliss-reactive ketones (excluding diaryl/α,β-unsaturated/α-hetero) is 1. The van der Waals surface area contributed by atoms with Gasteiger partial charge in [0.1, 0.15) is 5.78 Å². The van der Waals surface area contributed by atoms with Crippen LogP contribution in [0.3, 0.4) is 0 Å². The van der Waals surface area contributed by atoms with Crippen molar-refractivity contribution < 1.29 is 26.9 Å². The lowest BCUT2D eigenvalue weighted by molar-refractivity contribution is -0.143. The Balaban J connectivity index is 2.04. The highest BCUT2D eigenvalue weighted by molar-refractivity contribution is 7.90. The van der Waals surface area contributed by atoms with E-state index in [4.69, 9.17) is 8.85 Å². The summed E-state index contributed by atoms with van der Waals surface area (Å²) in [5.41, 5.74) is -1.62. The van der Waals surface area contributed by atoms with Gasteiger partial charge in [0, 0.05) is 16.7 Å². The first-order chi connectivity index (χ1) is 20.9. The second-order valence-electron chi connectivity index (χ2n) is 19.5. The first-order valence-corrected chi connectivity index (χ1v) is 25.4. The van der Waals surface area contributed by atoms with Gasteiger partial charge in [0.05, 0.1) is 30.4 Å². The molecule has 1 amide bonds. The Morgan fingerprint density at radius 1 is 0.936 bits per heavy atom. The zero-order valence-electron chi connectivity index (χ0n) is 33.0. The van der Waals surface area contributed by atoms with Crippen LogP contribution in [0.25, 0.3) is 0 Å². The molecule has 0 aromatic rings. The normalized spacial score (nSPS) is 28.7. The van der Waals surface area contributed by atoms with Gasteiger partial charge in [-0.15, -0.1) is 0 Å². The summed E-state index contributed by atoms with van der Waals surface area (Å²) in [5, 5.41) is -0.210. The molecule has 2 aliphatic carbocycles. The molecule has 2 saturated carbocycles. The van der Waals surface area contributed by atoms with E-state index in [1.807, 2.05) is 33.8 Å². The fourth-order valence-corrected chi connectivity index (χ4v) is 13.8. The number of carbonyl (C=O) groups excluding carboxylic acids is 2. The third-order valence-corrected chi connectivity index (χ3v) is 24.8. The van der Waals surface area contributed by atoms with E-state index in [2.05, 4.69) is 94.6 Å². The van der Waals surface area contributed by atoms with Crippen LogP contribution in [0.1, 0.15) is 116 Å². The molecule has 1 aliphatic heterocycles. The predicted octanol–water partition coefficient (Wildman–Crippen LogP) is 8.97. The fraction of sp³-hybridized carbons (Fsp3) is 0.892. The van der Waals surface area contributed by atoms with Crippen molar-refractivity contribution in [3.8, 4) is 0 Å². The van der Waals surface area contributed by atoms with Crippen molar-refractivity contribution in [2.75, 3.05) is 5.75 Å². The molecular formula is C37H69NO6SSi2. The van der Waals surface area contributed by atoms with Gasteiger partial charge in [-0.05, 0) is 79.7 Å². The van der Waals surface area contributed by atoms with Crippen LogP contribution in [-0.4, -0.2) is 65.1 Å². The van der Waals surface area contributed by atoms with Gasteiger partial charge in [0.2, 0.25) is 15.9 Å². The Morgan fingerprint density at radius 2 is 1.45 bits per heavy atom. The number of amides is 1. The van der Waals surface area contributed by atoms with Crippen LogP contribution in [0.4, 0.5) is 0 Å². The Kier molecular flexibility index (Phi) is 11.0. The van der Waals surface area contributed by atoms with Crippen LogP contribution < -0.4 is 0 Å². The largest absolute Gasteiger partial charge is 0.413 e. The first kappa shape index (κ1) is 40.6. The fourth-order valence-electron chi connectivity index (χ4n) is 8.33. The molecule has 0 N–H and O–H groups in total. The Hall–Kier alpha value is -0.816. The summed E-state index contributed by atoms with van der Waals surface area (Å²) in [7, 11) is -8.54. The van der Waals surface area contributed by atoms with Crippen LogP contribution in [-0.2, 0) is 28.5 Å². The highest BCUT2D eigenvalue weighted by atomic mass is 32.2. The molecule has 0 unspecified atom stereocenters. The molecule has 2 bridgehead atoms. The van der Waals surface area contributed by atoms with E-state index >= 15 is 0 Å². The molecule has 3 fully saturated rings. The maximum atomic E-state index is 14.8. The van der Waals surface area contributed by atoms with E-state index in [0.29, 0.717) is 5.92 Å². The van der Waals surface area contributed by atoms with Gasteiger partial charge in [-0.25, -0.2) is 12.7 Å². The maximum Gasteiger partial charge on any atom is 0.238 e. The zero-order chi connectivity index (χ0) is 36.6. The number of fused-ring (bicyclic) bond motifs is 1. The summed E-state index contributed by atoms with van der Waals surface area (Å²) in [4.78, 5) is 29.3. The molecular weight excluding hydrogens is 643 g/mol. The lowest BCUT2D eigenvalue weighted by atomic mass is 9.69. The van der Waals surface area contributed by atoms with Crippen molar-refractivity contribution in [3.63, 3.8) is 0 Å². The van der Waals surface area contributed by atoms with E-state index in [-0.39, 0.29) is 51.5 Å². The minimum absolute atomic E-state index is 0.00246. The van der Waals surface area contributed by atoms with Crippen LogP contribution in [0.5, 0.6) is 0 Å². The van der Waals surface area contributed by atoms with Crippen molar-refractivity contribution in [1.29, 1.82) is 0 Å². The molecule has 7 nitrogen and oxygen atoms in total. The molecule has 0 aromatic heterocycles. The molecule has 3 rings (SSSR count). The van der Waals surface area contributed by atoms with E-state index in [1.165, 1.54) is 4.31 Å². The van der Waals surface area contributed by atoms with Crippen molar-refractivity contribution in [2.24, 2.45) is 34.0 Å². The van der Waals surface area contributed by atoms with E-state index < -0.39 is 55.4 Å². The Morgan fingerprint density at radius 3 is 1.91 bits per heavy atom. The van der Waals surface area contributed by atoms with Gasteiger partial charge in [0.25, 0.3) is 0 Å². The molecule has 1 spiro atoms. The third kappa shape index (κ3) is 7.07. The maximum absolute atomic E-state index is 14.8. The third-order valence-electron chi connectivity index (χ3n) is 13.9. The smallest absolute Gasteiger partial charge is 0.238 e. The van der Waals surface area contributed by atoms with E-state index in [1.54, 1.807) is 0 Å². The van der Waals surface area contributed by atoms with E-state index in [9.17, 15) is 18.0 Å². The quantitative estimate of drug-likeness (QED) is 0.148. The molecule has 1 heterocycles. The van der Waals surface area contributed by atoms with Crippen LogP contribution >= 0.6 is 0 Å². The SMILES string of the molecule is C/C=C\[C@H](C)[C@H](O[Si](C)(C)C(C)(C)C)[C@@H](C)C(=O)C(C)(C)[C@H](CC(=O)N1[C@@H]2C[C@H]3CC[C@]2(CS1(=O)=O)C3(C)C)O[Si](C)(C)C(C)(C)C. The first-order valence-electron chi connectivity index (χ1n) is 18.0. The van der Waals surface area contributed by atoms with Gasteiger partial charge >= 0.3 is 0 Å². The van der Waals surface area contributed by atoms with Crippen LogP contribution in [0, 0.1) is 34.0 Å². The minimum Gasteiger partial charge on any atom is -0.413 e. The number of ketones is 1. The average Bonchev–Trinajstić information content (AvgIpc) is 3.37. The van der Waals surface area contributed by atoms with Gasteiger partial charge in [-0.1, -0.05) is 95.2 Å². The molecule has 47 heavy (non-hydrogen) atoms. The number of rotatable bonds is 12. The molecule has 3 aliphatic rings. The summed E-state index contributed by atoms with van der Waals surface area (Å²) in [6.45, 7) is 35.9. The van der Waals surface area contributed by atoms with Crippen LogP contribution in [0.15, 0.2) is 12.2 Å². The lowest BCUT2D eigenvalue weighted by Gasteiger charge is -2.46. The monoisotopic (exact) mass is 711 g/mol. The standard InChI is InChI=1S/C37H69NO6SSi2/c1-18-19-25(2)31(44-47(16,17)34(7,8)9)26(3)32(40)35(10,11)29(43-46(14,15)33(4,5)6)23-30(39)38-28-22-27-20-21-37(28,36(27,12)13)24-45(38,41)42/h18-19,25-29,31H,20-24H2,1-17H3/b19-18-/t25-,26+,27+,28+,29-,31-,37+/m0/s1. The van der Waals surface area contributed by atoms with Gasteiger partial charge in [-0.2, -0.15) is 0 Å². The summed E-state index contributed by atoms with van der Waals surface area (Å²) >= 11 is 0. The molecule has 10 heteroatoms. The Labute approximate surface area is 290 Å². The second-order valence-corrected chi connectivity index (χ2v) is 30.8. The summed E-state index contributed by atoms with van der Waals surface area (Å²) in [5.74, 6) is -0.482. The minimum atomic E-state index is -3.79. The van der Waals surface area contributed by atoms with Crippen molar-refractivity contribution >= 4 is 38.3 Å². The summed E-state index contributed by atoms with van der Waals surface area (Å²) in [6.07, 6.45) is 5.41. The topological polar surface area (TPSA) is 90.0 Å². The number of nitrogens with zero attached hydrogens (tertiary/aromatic N) is 1. The van der Waals surface area contributed by atoms with Crippen molar-refractivity contribution in [1.82, 2.24) is 4.31 Å². The Bertz CT molecular complexity index is 1340. The highest BCUT2D eigenvalue weighted by Crippen LogP contribution is 2.70. The van der Waals surface area contributed by atoms with Crippen molar-refractivity contribution in [2.45, 2.75) is 170 Å². The van der Waals surface area contributed by atoms with Crippen molar-refractivity contribution in [3.05, 3.63) is 12.2 Å². The number of sulfonamides is 1. The molecule has 0 radical (unpaired) electrons.